The highest BCUT2D eigenvalue weighted by Gasteiger charge is 2.01. The third-order valence-electron chi connectivity index (χ3n) is 1.56. The van der Waals surface area contributed by atoms with Gasteiger partial charge >= 0.3 is 5.97 Å². The Morgan fingerprint density at radius 3 is 2.69 bits per heavy atom. The molecule has 0 spiro atoms. The van der Waals surface area contributed by atoms with Crippen LogP contribution in [0, 0.1) is 6.92 Å². The van der Waals surface area contributed by atoms with E-state index in [9.17, 15) is 4.79 Å². The van der Waals surface area contributed by atoms with Gasteiger partial charge in [0.1, 0.15) is 0 Å². The summed E-state index contributed by atoms with van der Waals surface area (Å²) in [6, 6.07) is 0. The van der Waals surface area contributed by atoms with Crippen LogP contribution in [0.3, 0.4) is 0 Å². The molecule has 0 saturated carbocycles. The van der Waals surface area contributed by atoms with Gasteiger partial charge in [0.2, 0.25) is 0 Å². The van der Waals surface area contributed by atoms with Gasteiger partial charge in [-0.05, 0) is 13.3 Å². The van der Waals surface area contributed by atoms with E-state index in [-0.39, 0.29) is 5.97 Å². The molecule has 0 aromatic rings. The highest BCUT2D eigenvalue weighted by Crippen LogP contribution is 1.95. The molecule has 0 aliphatic carbocycles. The van der Waals surface area contributed by atoms with Gasteiger partial charge in [-0.25, -0.2) is 0 Å². The molecule has 0 fully saturated rings. The lowest BCUT2D eigenvalue weighted by atomic mass is 10.3. The van der Waals surface area contributed by atoms with Gasteiger partial charge in [-0.15, -0.1) is 0 Å². The minimum absolute atomic E-state index is 0.169. The van der Waals surface area contributed by atoms with E-state index < -0.39 is 0 Å². The summed E-state index contributed by atoms with van der Waals surface area (Å²) in [5, 5.41) is 0. The summed E-state index contributed by atoms with van der Waals surface area (Å²) in [6.07, 6.45) is 3.18. The summed E-state index contributed by atoms with van der Waals surface area (Å²) in [5.41, 5.74) is 0. The van der Waals surface area contributed by atoms with Gasteiger partial charge in [-0.1, -0.05) is 19.8 Å². The van der Waals surface area contributed by atoms with E-state index in [4.69, 9.17) is 9.47 Å². The van der Waals surface area contributed by atoms with Crippen LogP contribution in [0.5, 0.6) is 0 Å². The fourth-order valence-electron chi connectivity index (χ4n) is 0.837. The molecule has 0 aromatic heterocycles. The second-order valence-electron chi connectivity index (χ2n) is 2.73. The molecule has 0 bridgehead atoms. The molecule has 1 radical (unpaired) electrons. The minimum Gasteiger partial charge on any atom is -0.466 e. The van der Waals surface area contributed by atoms with Crippen LogP contribution >= 0.6 is 0 Å². The summed E-state index contributed by atoms with van der Waals surface area (Å²) in [5.74, 6) is -0.169. The number of hydrogen-bond acceptors (Lipinski definition) is 3. The molecular formula is C10H19O3. The second-order valence-corrected chi connectivity index (χ2v) is 2.73. The van der Waals surface area contributed by atoms with Crippen LogP contribution in [0.1, 0.15) is 32.6 Å². The topological polar surface area (TPSA) is 35.5 Å². The Morgan fingerprint density at radius 2 is 2.08 bits per heavy atom. The zero-order valence-corrected chi connectivity index (χ0v) is 8.38. The van der Waals surface area contributed by atoms with Gasteiger partial charge < -0.3 is 9.47 Å². The maximum Gasteiger partial charge on any atom is 0.308 e. The van der Waals surface area contributed by atoms with E-state index in [1.165, 1.54) is 0 Å². The van der Waals surface area contributed by atoms with Crippen molar-refractivity contribution in [2.75, 3.05) is 19.8 Å². The number of hydrogen-bond donors (Lipinski definition) is 0. The van der Waals surface area contributed by atoms with Crippen molar-refractivity contribution in [1.82, 2.24) is 0 Å². The van der Waals surface area contributed by atoms with E-state index >= 15 is 0 Å². The maximum absolute atomic E-state index is 11.0. The predicted molar refractivity (Wildman–Crippen MR) is 51.3 cm³/mol. The fourth-order valence-corrected chi connectivity index (χ4v) is 0.837. The van der Waals surface area contributed by atoms with Gasteiger partial charge in [-0.2, -0.15) is 0 Å². The molecule has 3 heteroatoms. The zero-order chi connectivity index (χ0) is 9.94. The summed E-state index contributed by atoms with van der Waals surface area (Å²) >= 11 is 0. The minimum atomic E-state index is -0.169. The Labute approximate surface area is 80.4 Å². The Hall–Kier alpha value is -0.570. The number of esters is 1. The Bertz CT molecular complexity index is 123. The highest BCUT2D eigenvalue weighted by atomic mass is 16.5. The summed E-state index contributed by atoms with van der Waals surface area (Å²) in [7, 11) is 0. The molecule has 77 valence electrons. The first-order valence-corrected chi connectivity index (χ1v) is 4.83. The highest BCUT2D eigenvalue weighted by molar-refractivity contribution is 5.69. The van der Waals surface area contributed by atoms with Crippen molar-refractivity contribution in [1.29, 1.82) is 0 Å². The molecule has 3 nitrogen and oxygen atoms in total. The average Bonchev–Trinajstić information content (AvgIpc) is 2.13. The van der Waals surface area contributed by atoms with Gasteiger partial charge in [0.15, 0.2) is 0 Å². The van der Waals surface area contributed by atoms with Crippen LogP contribution in [0.4, 0.5) is 0 Å². The van der Waals surface area contributed by atoms with E-state index in [2.05, 4.69) is 6.92 Å². The third-order valence-corrected chi connectivity index (χ3v) is 1.56. The van der Waals surface area contributed by atoms with Crippen molar-refractivity contribution >= 4 is 5.97 Å². The molecule has 0 amide bonds. The molecular weight excluding hydrogens is 168 g/mol. The quantitative estimate of drug-likeness (QED) is 0.430. The van der Waals surface area contributed by atoms with Crippen molar-refractivity contribution in [2.45, 2.75) is 32.6 Å². The number of carbonyl (C=O) groups is 1. The SMILES string of the molecule is [CH2]CCCCOC(=O)CCOCC. The lowest BCUT2D eigenvalue weighted by Gasteiger charge is -2.03. The zero-order valence-electron chi connectivity index (χ0n) is 8.38. The van der Waals surface area contributed by atoms with Crippen LogP contribution in [-0.2, 0) is 14.3 Å². The van der Waals surface area contributed by atoms with Crippen LogP contribution in [0.15, 0.2) is 0 Å². The van der Waals surface area contributed by atoms with Crippen LogP contribution < -0.4 is 0 Å². The lowest BCUT2D eigenvalue weighted by molar-refractivity contribution is -0.144. The van der Waals surface area contributed by atoms with E-state index in [1.807, 2.05) is 6.92 Å². The molecule has 0 atom stereocenters. The summed E-state index contributed by atoms with van der Waals surface area (Å²) < 4.78 is 9.96. The van der Waals surface area contributed by atoms with Crippen molar-refractivity contribution in [3.05, 3.63) is 6.92 Å². The van der Waals surface area contributed by atoms with Gasteiger partial charge in [0.05, 0.1) is 19.6 Å². The molecule has 0 unspecified atom stereocenters. The van der Waals surface area contributed by atoms with Crippen molar-refractivity contribution < 1.29 is 14.3 Å². The van der Waals surface area contributed by atoms with Crippen molar-refractivity contribution in [2.24, 2.45) is 0 Å². The Kier molecular flexibility index (Phi) is 9.10. The Balaban J connectivity index is 3.11. The summed E-state index contributed by atoms with van der Waals surface area (Å²) in [6.45, 7) is 7.23. The van der Waals surface area contributed by atoms with Crippen LogP contribution in [-0.4, -0.2) is 25.8 Å². The number of rotatable bonds is 8. The molecule has 0 rings (SSSR count). The van der Waals surface area contributed by atoms with Gasteiger partial charge in [0, 0.05) is 6.61 Å². The third kappa shape index (κ3) is 9.34. The van der Waals surface area contributed by atoms with Crippen molar-refractivity contribution in [3.8, 4) is 0 Å². The maximum atomic E-state index is 11.0. The lowest BCUT2D eigenvalue weighted by Crippen LogP contribution is -2.09. The van der Waals surface area contributed by atoms with Gasteiger partial charge in [-0.3, -0.25) is 4.79 Å². The van der Waals surface area contributed by atoms with E-state index in [0.29, 0.717) is 26.2 Å². The average molecular weight is 187 g/mol. The largest absolute Gasteiger partial charge is 0.466 e. The smallest absolute Gasteiger partial charge is 0.308 e. The van der Waals surface area contributed by atoms with E-state index in [1.54, 1.807) is 0 Å². The molecule has 0 heterocycles. The standard InChI is InChI=1S/C10H19O3/c1-3-5-6-8-13-10(11)7-9-12-4-2/h1,3-9H2,2H3. The second kappa shape index (κ2) is 9.52. The summed E-state index contributed by atoms with van der Waals surface area (Å²) in [4.78, 5) is 11.0. The first-order valence-electron chi connectivity index (χ1n) is 4.83. The fraction of sp³-hybridized carbons (Fsp3) is 0.800. The van der Waals surface area contributed by atoms with Crippen LogP contribution in [0.2, 0.25) is 0 Å². The van der Waals surface area contributed by atoms with Gasteiger partial charge in [0.25, 0.3) is 0 Å². The molecule has 0 aliphatic heterocycles. The van der Waals surface area contributed by atoms with Crippen molar-refractivity contribution in [3.63, 3.8) is 0 Å². The Morgan fingerprint density at radius 1 is 1.31 bits per heavy atom. The molecule has 0 aliphatic rings. The predicted octanol–water partition coefficient (Wildman–Crippen LogP) is 1.96. The normalized spacial score (nSPS) is 10.0. The number of carbonyl (C=O) groups excluding carboxylic acids is 1. The first kappa shape index (κ1) is 12.4. The number of ether oxygens (including phenoxy) is 2. The van der Waals surface area contributed by atoms with Crippen LogP contribution in [0.25, 0.3) is 0 Å². The molecule has 0 aromatic carbocycles. The molecule has 13 heavy (non-hydrogen) atoms. The number of unbranched alkanes of at least 4 members (excludes halogenated alkanes) is 2. The molecule has 0 N–H and O–H groups in total. The molecule has 0 saturated heterocycles. The monoisotopic (exact) mass is 187 g/mol. The first-order chi connectivity index (χ1) is 6.31. The van der Waals surface area contributed by atoms with E-state index in [0.717, 1.165) is 19.3 Å².